The van der Waals surface area contributed by atoms with E-state index in [-0.39, 0.29) is 34.2 Å². The molecule has 5 heterocycles. The van der Waals surface area contributed by atoms with Gasteiger partial charge in [-0.3, -0.25) is 30.1 Å². The van der Waals surface area contributed by atoms with Crippen molar-refractivity contribution in [2.24, 2.45) is 5.18 Å². The molecule has 3 amide bonds. The highest BCUT2D eigenvalue weighted by atomic mass is 32.2. The van der Waals surface area contributed by atoms with Crippen molar-refractivity contribution in [3.63, 3.8) is 0 Å². The van der Waals surface area contributed by atoms with Gasteiger partial charge in [-0.2, -0.15) is 0 Å². The molecule has 3 unspecified atom stereocenters. The molecule has 4 aliphatic rings. The molecule has 5 rings (SSSR count). The van der Waals surface area contributed by atoms with Crippen molar-refractivity contribution in [1.29, 1.82) is 0 Å². The fourth-order valence-electron chi connectivity index (χ4n) is 4.65. The summed E-state index contributed by atoms with van der Waals surface area (Å²) in [4.78, 5) is 68.6. The van der Waals surface area contributed by atoms with Crippen LogP contribution in [-0.2, 0) is 19.2 Å². The second-order valence-corrected chi connectivity index (χ2v) is 10.5. The number of anilines is 1. The summed E-state index contributed by atoms with van der Waals surface area (Å²) in [6, 6.07) is -2.49. The molecule has 190 valence electrons. The summed E-state index contributed by atoms with van der Waals surface area (Å²) in [7, 11) is 0. The van der Waals surface area contributed by atoms with E-state index in [9.17, 15) is 29.2 Å². The Hall–Kier alpha value is -3.34. The summed E-state index contributed by atoms with van der Waals surface area (Å²) in [5, 5.41) is 16.1. The van der Waals surface area contributed by atoms with Gasteiger partial charge in [0.25, 0.3) is 11.8 Å². The van der Waals surface area contributed by atoms with Crippen LogP contribution in [0.4, 0.5) is 5.13 Å². The Balaban J connectivity index is 1.33. The van der Waals surface area contributed by atoms with Crippen LogP contribution in [0.3, 0.4) is 0 Å². The molecule has 3 saturated heterocycles. The van der Waals surface area contributed by atoms with Crippen molar-refractivity contribution in [1.82, 2.24) is 31.0 Å². The number of aliphatic carboxylic acids is 1. The molecule has 16 heteroatoms. The Morgan fingerprint density at radius 3 is 2.72 bits per heavy atom. The second kappa shape index (κ2) is 9.61. The van der Waals surface area contributed by atoms with E-state index in [1.807, 2.05) is 0 Å². The van der Waals surface area contributed by atoms with E-state index in [0.717, 1.165) is 16.2 Å². The third kappa shape index (κ3) is 4.15. The number of allylic oxidation sites excluding steroid dienone is 1. The summed E-state index contributed by atoms with van der Waals surface area (Å²) < 4.78 is 0. The van der Waals surface area contributed by atoms with Gasteiger partial charge in [0.05, 0.1) is 11.7 Å². The van der Waals surface area contributed by atoms with Crippen LogP contribution in [0.2, 0.25) is 0 Å². The predicted molar refractivity (Wildman–Crippen MR) is 129 cm³/mol. The molecule has 14 nitrogen and oxygen atoms in total. The normalized spacial score (nSPS) is 26.3. The second-order valence-electron chi connectivity index (χ2n) is 8.53. The third-order valence-corrected chi connectivity index (χ3v) is 8.41. The largest absolute Gasteiger partial charge is 0.477 e. The molecule has 1 aromatic heterocycles. The minimum Gasteiger partial charge on any atom is -0.477 e. The lowest BCUT2D eigenvalue weighted by atomic mass is 10.0. The molecule has 3 atom stereocenters. The van der Waals surface area contributed by atoms with E-state index in [4.69, 9.17) is 5.73 Å². The molecule has 0 radical (unpaired) electrons. The fourth-order valence-corrected chi connectivity index (χ4v) is 6.53. The van der Waals surface area contributed by atoms with Crippen molar-refractivity contribution in [2.75, 3.05) is 31.1 Å². The molecule has 6 N–H and O–H groups in total. The Labute approximate surface area is 212 Å². The highest BCUT2D eigenvalue weighted by molar-refractivity contribution is 8.00. The number of β-lactam (4-membered cyclic amide) rings is 1. The number of hydrogen-bond donors (Lipinski definition) is 5. The van der Waals surface area contributed by atoms with Crippen LogP contribution >= 0.6 is 23.1 Å². The highest BCUT2D eigenvalue weighted by Gasteiger charge is 2.54. The number of thiazole rings is 1. The van der Waals surface area contributed by atoms with Crippen molar-refractivity contribution in [2.45, 2.75) is 29.9 Å². The Kier molecular flexibility index (Phi) is 6.50. The molecular weight excluding hydrogens is 512 g/mol. The average molecular weight is 535 g/mol. The van der Waals surface area contributed by atoms with Gasteiger partial charge in [-0.05, 0) is 23.2 Å². The van der Waals surface area contributed by atoms with E-state index >= 15 is 0 Å². The summed E-state index contributed by atoms with van der Waals surface area (Å²) in [5.41, 5.74) is 12.3. The molecule has 0 spiro atoms. The van der Waals surface area contributed by atoms with Gasteiger partial charge in [0.1, 0.15) is 17.1 Å². The van der Waals surface area contributed by atoms with Gasteiger partial charge in [-0.25, -0.2) is 9.78 Å². The van der Waals surface area contributed by atoms with Crippen LogP contribution in [0.1, 0.15) is 18.2 Å². The van der Waals surface area contributed by atoms with Gasteiger partial charge < -0.3 is 21.1 Å². The first kappa shape index (κ1) is 24.4. The van der Waals surface area contributed by atoms with Crippen molar-refractivity contribution >= 4 is 51.9 Å². The van der Waals surface area contributed by atoms with Gasteiger partial charge >= 0.3 is 5.97 Å². The molecule has 0 aromatic carbocycles. The number of carboxylic acid groups (broad SMARTS) is 1. The number of fused-ring (bicyclic) bond motifs is 1. The number of hydrogen-bond acceptors (Lipinski definition) is 12. The third-order valence-electron chi connectivity index (χ3n) is 6.42. The van der Waals surface area contributed by atoms with Crippen LogP contribution in [0, 0.1) is 4.91 Å². The first-order chi connectivity index (χ1) is 17.3. The van der Waals surface area contributed by atoms with Gasteiger partial charge in [-0.1, -0.05) is 0 Å². The lowest BCUT2D eigenvalue weighted by molar-refractivity contribution is -0.150. The average Bonchev–Trinajstić information content (AvgIpc) is 3.60. The number of nitrogen functional groups attached to an aromatic ring is 1. The number of thioether (sulfide) groups is 1. The number of carbonyl (C=O) groups excluding carboxylic acids is 3. The van der Waals surface area contributed by atoms with E-state index in [1.54, 1.807) is 11.0 Å². The maximum atomic E-state index is 12.9. The number of nitrogens with two attached hydrogens (primary N) is 1. The monoisotopic (exact) mass is 534 g/mol. The van der Waals surface area contributed by atoms with Crippen LogP contribution in [0.5, 0.6) is 0 Å². The number of aromatic nitrogens is 1. The fraction of sp³-hybridized carbons (Fsp3) is 0.450. The molecular formula is C20H22N8O6S2. The number of carboxylic acids is 1. The maximum Gasteiger partial charge on any atom is 0.352 e. The molecule has 0 aliphatic carbocycles. The van der Waals surface area contributed by atoms with Crippen molar-refractivity contribution in [3.8, 4) is 0 Å². The lowest BCUT2D eigenvalue weighted by Gasteiger charge is -2.49. The van der Waals surface area contributed by atoms with Crippen LogP contribution in [-0.4, -0.2) is 86.4 Å². The summed E-state index contributed by atoms with van der Waals surface area (Å²) in [6.07, 6.45) is 2.05. The minimum absolute atomic E-state index is 0.0215. The molecule has 0 bridgehead atoms. The lowest BCUT2D eigenvalue weighted by Crippen LogP contribution is -2.70. The quantitative estimate of drug-likeness (QED) is 0.162. The number of amides is 3. The van der Waals surface area contributed by atoms with Crippen LogP contribution in [0.25, 0.3) is 0 Å². The number of nitrogens with zero attached hydrogens (tertiary/aromatic N) is 4. The summed E-state index contributed by atoms with van der Waals surface area (Å²) in [6.45, 7) is 1.80. The predicted octanol–water partition coefficient (Wildman–Crippen LogP) is -1.09. The van der Waals surface area contributed by atoms with E-state index < -0.39 is 35.2 Å². The first-order valence-corrected chi connectivity index (χ1v) is 12.9. The van der Waals surface area contributed by atoms with E-state index in [1.165, 1.54) is 17.1 Å². The number of hydrazine groups is 1. The zero-order valence-corrected chi connectivity index (χ0v) is 20.3. The van der Waals surface area contributed by atoms with E-state index in [2.05, 4.69) is 26.3 Å². The SMILES string of the molecule is Nc1nc(C(N=O)C(=O)NC2C(=O)N3C(C(=O)O)=C(C=C4CCN(C5CNNC5)C4=O)CSC23)cs1. The summed E-state index contributed by atoms with van der Waals surface area (Å²) in [5.74, 6) is -2.68. The van der Waals surface area contributed by atoms with Gasteiger partial charge in [-0.15, -0.1) is 28.0 Å². The molecule has 0 saturated carbocycles. The van der Waals surface area contributed by atoms with Crippen molar-refractivity contribution < 1.29 is 24.3 Å². The summed E-state index contributed by atoms with van der Waals surface area (Å²) >= 11 is 2.31. The Morgan fingerprint density at radius 2 is 2.08 bits per heavy atom. The zero-order valence-electron chi connectivity index (χ0n) is 18.7. The number of carbonyl (C=O) groups is 4. The molecule has 1 aromatic rings. The van der Waals surface area contributed by atoms with Crippen LogP contribution in [0.15, 0.2) is 33.5 Å². The Morgan fingerprint density at radius 1 is 1.33 bits per heavy atom. The molecule has 3 fully saturated rings. The van der Waals surface area contributed by atoms with Gasteiger partial charge in [0.15, 0.2) is 5.13 Å². The number of likely N-dealkylation sites (tertiary alicyclic amines) is 1. The Bertz CT molecular complexity index is 1210. The topological polar surface area (TPSA) is 199 Å². The zero-order chi connectivity index (χ0) is 25.6. The van der Waals surface area contributed by atoms with Crippen molar-refractivity contribution in [3.05, 3.63) is 38.9 Å². The molecule has 36 heavy (non-hydrogen) atoms. The van der Waals surface area contributed by atoms with Crippen LogP contribution < -0.4 is 21.9 Å². The maximum absolute atomic E-state index is 12.9. The standard InChI is InChI=1S/C20H22N8O6S2/c21-20-24-11(7-36-20)12(26-34)15(29)25-13-17(31)28-14(19(32)33)9(6-35-18(13)28)3-8-1-2-27(16(8)30)10-4-22-23-5-10/h3,7,10,12-13,18,22-23H,1-2,4-6H2,(H2,21,24)(H,25,29)(H,32,33). The van der Waals surface area contributed by atoms with E-state index in [0.29, 0.717) is 37.2 Å². The minimum atomic E-state index is -1.48. The molecule has 4 aliphatic heterocycles. The van der Waals surface area contributed by atoms with Gasteiger partial charge in [0.2, 0.25) is 11.9 Å². The first-order valence-electron chi connectivity index (χ1n) is 11.0. The number of nitroso groups, excluding NO2 is 1. The number of rotatable bonds is 7. The van der Waals surface area contributed by atoms with Gasteiger partial charge in [0, 0.05) is 36.3 Å². The number of nitrogens with one attached hydrogen (secondary N) is 3. The smallest absolute Gasteiger partial charge is 0.352 e. The highest BCUT2D eigenvalue weighted by Crippen LogP contribution is 2.41.